The quantitative estimate of drug-likeness (QED) is 0.934. The van der Waals surface area contributed by atoms with Crippen LogP contribution in [0.15, 0.2) is 36.5 Å². The van der Waals surface area contributed by atoms with Gasteiger partial charge in [-0.15, -0.1) is 0 Å². The van der Waals surface area contributed by atoms with Crippen LogP contribution in [0.25, 0.3) is 5.69 Å². The number of piperidine rings is 1. The monoisotopic (exact) mass is 286 g/mol. The second-order valence-corrected chi connectivity index (χ2v) is 5.75. The van der Waals surface area contributed by atoms with Crippen LogP contribution in [0.4, 0.5) is 0 Å². The maximum absolute atomic E-state index is 9.56. The van der Waals surface area contributed by atoms with Crippen LogP contribution < -0.4 is 0 Å². The SMILES string of the molecule is CC1CCCC(CO)N1Cc1cnn(-c2ccccc2)n1. The van der Waals surface area contributed by atoms with Crippen LogP contribution in [0.1, 0.15) is 31.9 Å². The molecule has 0 bridgehead atoms. The van der Waals surface area contributed by atoms with E-state index in [1.165, 1.54) is 12.8 Å². The van der Waals surface area contributed by atoms with Gasteiger partial charge in [0.2, 0.25) is 0 Å². The van der Waals surface area contributed by atoms with Crippen LogP contribution in [0.2, 0.25) is 0 Å². The Morgan fingerprint density at radius 1 is 1.24 bits per heavy atom. The van der Waals surface area contributed by atoms with Gasteiger partial charge in [0, 0.05) is 18.6 Å². The number of hydrogen-bond donors (Lipinski definition) is 1. The molecule has 0 saturated carbocycles. The summed E-state index contributed by atoms with van der Waals surface area (Å²) in [6, 6.07) is 10.6. The molecule has 1 aliphatic rings. The van der Waals surface area contributed by atoms with E-state index in [-0.39, 0.29) is 12.6 Å². The molecule has 2 heterocycles. The van der Waals surface area contributed by atoms with Gasteiger partial charge >= 0.3 is 0 Å². The zero-order chi connectivity index (χ0) is 14.7. The van der Waals surface area contributed by atoms with Crippen LogP contribution in [0.3, 0.4) is 0 Å². The molecule has 1 aromatic heterocycles. The van der Waals surface area contributed by atoms with Gasteiger partial charge in [-0.3, -0.25) is 4.90 Å². The molecule has 0 amide bonds. The summed E-state index contributed by atoms with van der Waals surface area (Å²) < 4.78 is 0. The number of benzene rings is 1. The minimum absolute atomic E-state index is 0.219. The molecule has 2 aromatic rings. The number of nitrogens with zero attached hydrogens (tertiary/aromatic N) is 4. The lowest BCUT2D eigenvalue weighted by Gasteiger charge is -2.39. The number of aromatic nitrogens is 3. The third-order valence-corrected chi connectivity index (χ3v) is 4.28. The molecule has 1 aromatic carbocycles. The Balaban J connectivity index is 1.74. The molecule has 1 saturated heterocycles. The van der Waals surface area contributed by atoms with Gasteiger partial charge in [-0.1, -0.05) is 24.6 Å². The predicted molar refractivity (Wildman–Crippen MR) is 81.1 cm³/mol. The van der Waals surface area contributed by atoms with Crippen molar-refractivity contribution in [2.24, 2.45) is 0 Å². The molecule has 21 heavy (non-hydrogen) atoms. The Kier molecular flexibility index (Phi) is 4.31. The average molecular weight is 286 g/mol. The van der Waals surface area contributed by atoms with Gasteiger partial charge in [0.25, 0.3) is 0 Å². The summed E-state index contributed by atoms with van der Waals surface area (Å²) in [6.07, 6.45) is 5.26. The molecular weight excluding hydrogens is 264 g/mol. The third kappa shape index (κ3) is 3.14. The van der Waals surface area contributed by atoms with E-state index in [1.807, 2.05) is 36.5 Å². The lowest BCUT2D eigenvalue weighted by molar-refractivity contribution is 0.0441. The van der Waals surface area contributed by atoms with Crippen molar-refractivity contribution in [3.63, 3.8) is 0 Å². The minimum atomic E-state index is 0.219. The van der Waals surface area contributed by atoms with Crippen LogP contribution >= 0.6 is 0 Å². The molecule has 5 nitrogen and oxygen atoms in total. The Bertz CT molecular complexity index is 569. The molecule has 3 rings (SSSR count). The van der Waals surface area contributed by atoms with Crippen LogP contribution in [-0.2, 0) is 6.54 Å². The first-order valence-electron chi connectivity index (χ1n) is 7.61. The normalized spacial score (nSPS) is 23.3. The van der Waals surface area contributed by atoms with Crippen molar-refractivity contribution in [2.45, 2.75) is 44.8 Å². The fourth-order valence-electron chi connectivity index (χ4n) is 3.06. The largest absolute Gasteiger partial charge is 0.395 e. The van der Waals surface area contributed by atoms with Crippen LogP contribution in [0.5, 0.6) is 0 Å². The molecule has 5 heteroatoms. The van der Waals surface area contributed by atoms with Crippen molar-refractivity contribution < 1.29 is 5.11 Å². The topological polar surface area (TPSA) is 54.2 Å². The maximum Gasteiger partial charge on any atom is 0.0972 e. The number of aliphatic hydroxyl groups excluding tert-OH is 1. The Morgan fingerprint density at radius 3 is 2.81 bits per heavy atom. The van der Waals surface area contributed by atoms with E-state index in [0.29, 0.717) is 6.04 Å². The number of likely N-dealkylation sites (tertiary alicyclic amines) is 1. The van der Waals surface area contributed by atoms with E-state index in [0.717, 1.165) is 24.3 Å². The first-order valence-corrected chi connectivity index (χ1v) is 7.61. The van der Waals surface area contributed by atoms with Crippen molar-refractivity contribution >= 4 is 0 Å². The molecule has 2 atom stereocenters. The standard InChI is InChI=1S/C16H22N4O/c1-13-6-5-9-16(12-21)19(13)11-14-10-17-20(18-14)15-7-3-2-4-8-15/h2-4,7-8,10,13,16,21H,5-6,9,11-12H2,1H3. The van der Waals surface area contributed by atoms with E-state index < -0.39 is 0 Å². The number of hydrogen-bond acceptors (Lipinski definition) is 4. The highest BCUT2D eigenvalue weighted by molar-refractivity contribution is 5.28. The van der Waals surface area contributed by atoms with E-state index in [2.05, 4.69) is 22.0 Å². The highest BCUT2D eigenvalue weighted by Gasteiger charge is 2.27. The van der Waals surface area contributed by atoms with Gasteiger partial charge in [0.1, 0.15) is 0 Å². The molecule has 1 fully saturated rings. The molecule has 112 valence electrons. The fourth-order valence-corrected chi connectivity index (χ4v) is 3.06. The first-order chi connectivity index (χ1) is 10.3. The van der Waals surface area contributed by atoms with Crippen molar-refractivity contribution in [3.8, 4) is 5.69 Å². The zero-order valence-corrected chi connectivity index (χ0v) is 12.4. The lowest BCUT2D eigenvalue weighted by Crippen LogP contribution is -2.46. The number of rotatable bonds is 4. The van der Waals surface area contributed by atoms with Gasteiger partial charge < -0.3 is 5.11 Å². The minimum Gasteiger partial charge on any atom is -0.395 e. The summed E-state index contributed by atoms with van der Waals surface area (Å²) in [6.45, 7) is 3.19. The molecule has 0 spiro atoms. The van der Waals surface area contributed by atoms with Gasteiger partial charge in [0.15, 0.2) is 0 Å². The number of aliphatic hydroxyl groups is 1. The van der Waals surface area contributed by atoms with E-state index >= 15 is 0 Å². The van der Waals surface area contributed by atoms with Crippen molar-refractivity contribution in [1.29, 1.82) is 0 Å². The van der Waals surface area contributed by atoms with Gasteiger partial charge in [-0.05, 0) is 31.9 Å². The summed E-state index contributed by atoms with van der Waals surface area (Å²) in [5.74, 6) is 0. The smallest absolute Gasteiger partial charge is 0.0972 e. The summed E-state index contributed by atoms with van der Waals surface area (Å²) in [4.78, 5) is 4.01. The van der Waals surface area contributed by atoms with Gasteiger partial charge in [-0.25, -0.2) is 0 Å². The molecule has 1 aliphatic heterocycles. The highest BCUT2D eigenvalue weighted by Crippen LogP contribution is 2.24. The molecule has 0 radical (unpaired) electrons. The predicted octanol–water partition coefficient (Wildman–Crippen LogP) is 2.00. The Morgan fingerprint density at radius 2 is 2.05 bits per heavy atom. The van der Waals surface area contributed by atoms with Gasteiger partial charge in [0.05, 0.1) is 24.2 Å². The zero-order valence-electron chi connectivity index (χ0n) is 12.4. The summed E-state index contributed by atoms with van der Waals surface area (Å²) in [7, 11) is 0. The van der Waals surface area contributed by atoms with Gasteiger partial charge in [-0.2, -0.15) is 15.0 Å². The molecule has 0 aliphatic carbocycles. The van der Waals surface area contributed by atoms with Crippen molar-refractivity contribution in [2.75, 3.05) is 6.61 Å². The van der Waals surface area contributed by atoms with E-state index in [4.69, 9.17) is 0 Å². The highest BCUT2D eigenvalue weighted by atomic mass is 16.3. The summed E-state index contributed by atoms with van der Waals surface area (Å²) in [5.41, 5.74) is 1.92. The van der Waals surface area contributed by atoms with E-state index in [9.17, 15) is 5.11 Å². The summed E-state index contributed by atoms with van der Waals surface area (Å²) >= 11 is 0. The number of para-hydroxylation sites is 1. The third-order valence-electron chi connectivity index (χ3n) is 4.28. The maximum atomic E-state index is 9.56. The molecule has 2 unspecified atom stereocenters. The lowest BCUT2D eigenvalue weighted by atomic mass is 9.97. The molecular formula is C16H22N4O. The van der Waals surface area contributed by atoms with Crippen molar-refractivity contribution in [1.82, 2.24) is 19.9 Å². The second-order valence-electron chi connectivity index (χ2n) is 5.75. The van der Waals surface area contributed by atoms with Crippen molar-refractivity contribution in [3.05, 3.63) is 42.2 Å². The summed E-state index contributed by atoms with van der Waals surface area (Å²) in [5, 5.41) is 18.5. The Hall–Kier alpha value is -1.72. The fraction of sp³-hybridized carbons (Fsp3) is 0.500. The van der Waals surface area contributed by atoms with Crippen LogP contribution in [-0.4, -0.2) is 43.7 Å². The van der Waals surface area contributed by atoms with E-state index in [1.54, 1.807) is 4.80 Å². The Labute approximate surface area is 125 Å². The first kappa shape index (κ1) is 14.2. The van der Waals surface area contributed by atoms with Crippen LogP contribution in [0, 0.1) is 0 Å². The second kappa shape index (κ2) is 6.37. The average Bonchev–Trinajstić information content (AvgIpc) is 2.99. The molecule has 1 N–H and O–H groups in total.